The van der Waals surface area contributed by atoms with Crippen molar-refractivity contribution in [3.05, 3.63) is 35.0 Å². The number of aryl methyl sites for hydroxylation is 1. The molecule has 5 rings (SSSR count). The van der Waals surface area contributed by atoms with E-state index in [0.29, 0.717) is 25.6 Å². The average Bonchev–Trinajstić information content (AvgIpc) is 3.16. The maximum Gasteiger partial charge on any atom is 0.409 e. The SMILES string of the molecule is CCOC(=O)N1CCN(c2nc(-c3cccnc3)nc3sc4c(c23)CCC(C)C4)CC1. The Hall–Kier alpha value is -2.74. The van der Waals surface area contributed by atoms with Crippen LogP contribution in [0.5, 0.6) is 0 Å². The first-order valence-electron chi connectivity index (χ1n) is 11.0. The highest BCUT2D eigenvalue weighted by Gasteiger charge is 2.29. The predicted octanol–water partition coefficient (Wildman–Crippen LogP) is 4.16. The standard InChI is InChI=1S/C23H27N5O2S/c1-3-30-23(29)28-11-9-27(10-12-28)21-19-17-7-6-15(2)13-18(17)31-22(19)26-20(25-21)16-5-4-8-24-14-16/h4-5,8,14-15H,3,6-7,9-13H2,1-2H3. The fourth-order valence-electron chi connectivity index (χ4n) is 4.49. The summed E-state index contributed by atoms with van der Waals surface area (Å²) in [7, 11) is 0. The molecule has 0 aromatic carbocycles. The predicted molar refractivity (Wildman–Crippen MR) is 123 cm³/mol. The van der Waals surface area contributed by atoms with Gasteiger partial charge >= 0.3 is 6.09 Å². The Bertz CT molecular complexity index is 1090. The van der Waals surface area contributed by atoms with Gasteiger partial charge in [-0.15, -0.1) is 11.3 Å². The summed E-state index contributed by atoms with van der Waals surface area (Å²) in [6.45, 7) is 7.31. The van der Waals surface area contributed by atoms with Gasteiger partial charge in [-0.25, -0.2) is 14.8 Å². The zero-order valence-electron chi connectivity index (χ0n) is 18.0. The number of carbonyl (C=O) groups is 1. The normalized spacial score (nSPS) is 18.8. The van der Waals surface area contributed by atoms with Crippen molar-refractivity contribution in [1.29, 1.82) is 0 Å². The van der Waals surface area contributed by atoms with Crippen LogP contribution in [0.1, 0.15) is 30.7 Å². The quantitative estimate of drug-likeness (QED) is 0.613. The van der Waals surface area contributed by atoms with E-state index in [9.17, 15) is 4.79 Å². The molecule has 0 radical (unpaired) electrons. The number of carbonyl (C=O) groups excluding carboxylic acids is 1. The molecule has 1 aliphatic carbocycles. The number of ether oxygens (including phenoxy) is 1. The molecule has 8 heteroatoms. The lowest BCUT2D eigenvalue weighted by Crippen LogP contribution is -2.49. The summed E-state index contributed by atoms with van der Waals surface area (Å²) >= 11 is 1.82. The molecule has 0 bridgehead atoms. The van der Waals surface area contributed by atoms with Gasteiger partial charge in [-0.1, -0.05) is 6.92 Å². The van der Waals surface area contributed by atoms with Crippen LogP contribution < -0.4 is 4.90 Å². The lowest BCUT2D eigenvalue weighted by molar-refractivity contribution is 0.105. The lowest BCUT2D eigenvalue weighted by Gasteiger charge is -2.35. The highest BCUT2D eigenvalue weighted by Crippen LogP contribution is 2.42. The first-order valence-corrected chi connectivity index (χ1v) is 11.8. The molecule has 1 unspecified atom stereocenters. The molecule has 3 aromatic rings. The van der Waals surface area contributed by atoms with Gasteiger partial charge in [0.2, 0.25) is 0 Å². The van der Waals surface area contributed by atoms with Gasteiger partial charge in [0.05, 0.1) is 12.0 Å². The molecule has 1 saturated heterocycles. The van der Waals surface area contributed by atoms with Crippen molar-refractivity contribution in [2.24, 2.45) is 5.92 Å². The van der Waals surface area contributed by atoms with E-state index >= 15 is 0 Å². The van der Waals surface area contributed by atoms with Crippen LogP contribution in [0.3, 0.4) is 0 Å². The summed E-state index contributed by atoms with van der Waals surface area (Å²) in [5.74, 6) is 2.43. The molecule has 0 spiro atoms. The van der Waals surface area contributed by atoms with Crippen molar-refractivity contribution < 1.29 is 9.53 Å². The van der Waals surface area contributed by atoms with Crippen LogP contribution in [-0.4, -0.2) is 58.7 Å². The first kappa shape index (κ1) is 20.2. The molecule has 1 fully saturated rings. The van der Waals surface area contributed by atoms with Gasteiger partial charge in [0.25, 0.3) is 0 Å². The summed E-state index contributed by atoms with van der Waals surface area (Å²) in [6, 6.07) is 3.92. The van der Waals surface area contributed by atoms with Gasteiger partial charge < -0.3 is 14.5 Å². The molecule has 4 heterocycles. The maximum atomic E-state index is 12.1. The van der Waals surface area contributed by atoms with E-state index in [1.165, 1.54) is 22.2 Å². The van der Waals surface area contributed by atoms with E-state index in [1.807, 2.05) is 36.6 Å². The highest BCUT2D eigenvalue weighted by atomic mass is 32.1. The molecule has 162 valence electrons. The summed E-state index contributed by atoms with van der Waals surface area (Å²) in [5, 5.41) is 1.21. The number of piperazine rings is 1. The van der Waals surface area contributed by atoms with E-state index in [2.05, 4.69) is 16.8 Å². The summed E-state index contributed by atoms with van der Waals surface area (Å²) in [6.07, 6.45) is 6.77. The van der Waals surface area contributed by atoms with E-state index < -0.39 is 0 Å². The third-order valence-corrected chi connectivity index (χ3v) is 7.31. The number of rotatable bonds is 3. The zero-order chi connectivity index (χ0) is 21.4. The number of pyridine rings is 1. The second kappa shape index (κ2) is 8.42. The Kier molecular flexibility index (Phi) is 5.48. The molecule has 31 heavy (non-hydrogen) atoms. The van der Waals surface area contributed by atoms with E-state index in [0.717, 1.165) is 48.0 Å². The van der Waals surface area contributed by atoms with Gasteiger partial charge in [0.15, 0.2) is 5.82 Å². The van der Waals surface area contributed by atoms with Crippen molar-refractivity contribution in [2.45, 2.75) is 33.1 Å². The number of fused-ring (bicyclic) bond motifs is 3. The molecule has 0 N–H and O–H groups in total. The number of anilines is 1. The molecule has 1 amide bonds. The molecular formula is C23H27N5O2S. The van der Waals surface area contributed by atoms with Crippen molar-refractivity contribution >= 4 is 33.5 Å². The van der Waals surface area contributed by atoms with Crippen LogP contribution in [0.15, 0.2) is 24.5 Å². The fraction of sp³-hybridized carbons (Fsp3) is 0.478. The van der Waals surface area contributed by atoms with Crippen LogP contribution in [0, 0.1) is 5.92 Å². The number of nitrogens with zero attached hydrogens (tertiary/aromatic N) is 5. The molecule has 1 atom stereocenters. The number of amides is 1. The Morgan fingerprint density at radius 2 is 2.10 bits per heavy atom. The Balaban J connectivity index is 1.55. The van der Waals surface area contributed by atoms with Crippen molar-refractivity contribution in [2.75, 3.05) is 37.7 Å². The van der Waals surface area contributed by atoms with E-state index in [1.54, 1.807) is 11.1 Å². The second-order valence-electron chi connectivity index (χ2n) is 8.32. The fourth-order valence-corrected chi connectivity index (χ4v) is 5.87. The Labute approximate surface area is 186 Å². The lowest BCUT2D eigenvalue weighted by atomic mass is 9.89. The molecule has 1 aliphatic heterocycles. The van der Waals surface area contributed by atoms with Crippen LogP contribution in [0.4, 0.5) is 10.6 Å². The van der Waals surface area contributed by atoms with E-state index in [-0.39, 0.29) is 6.09 Å². The van der Waals surface area contributed by atoms with Gasteiger partial charge in [-0.05, 0) is 49.8 Å². The zero-order valence-corrected chi connectivity index (χ0v) is 18.8. The number of hydrogen-bond acceptors (Lipinski definition) is 7. The molecule has 7 nitrogen and oxygen atoms in total. The van der Waals surface area contributed by atoms with Crippen LogP contribution in [-0.2, 0) is 17.6 Å². The molecular weight excluding hydrogens is 410 g/mol. The van der Waals surface area contributed by atoms with Crippen molar-refractivity contribution in [3.8, 4) is 11.4 Å². The minimum absolute atomic E-state index is 0.229. The summed E-state index contributed by atoms with van der Waals surface area (Å²) in [5.41, 5.74) is 2.36. The maximum absolute atomic E-state index is 12.1. The van der Waals surface area contributed by atoms with Crippen LogP contribution >= 0.6 is 11.3 Å². The van der Waals surface area contributed by atoms with Gasteiger partial charge in [-0.2, -0.15) is 0 Å². The average molecular weight is 438 g/mol. The second-order valence-corrected chi connectivity index (χ2v) is 9.40. The number of thiophene rings is 1. The topological polar surface area (TPSA) is 71.5 Å². The minimum Gasteiger partial charge on any atom is -0.450 e. The third-order valence-electron chi connectivity index (χ3n) is 6.16. The van der Waals surface area contributed by atoms with Gasteiger partial charge in [0, 0.05) is 49.0 Å². The molecule has 3 aromatic heterocycles. The first-order chi connectivity index (χ1) is 15.1. The summed E-state index contributed by atoms with van der Waals surface area (Å²) < 4.78 is 5.18. The largest absolute Gasteiger partial charge is 0.450 e. The number of aromatic nitrogens is 3. The van der Waals surface area contributed by atoms with Gasteiger partial charge in [0.1, 0.15) is 10.6 Å². The van der Waals surface area contributed by atoms with Crippen LogP contribution in [0.2, 0.25) is 0 Å². The monoisotopic (exact) mass is 437 g/mol. The van der Waals surface area contributed by atoms with Crippen molar-refractivity contribution in [1.82, 2.24) is 19.9 Å². The van der Waals surface area contributed by atoms with Crippen LogP contribution in [0.25, 0.3) is 21.6 Å². The van der Waals surface area contributed by atoms with Crippen molar-refractivity contribution in [3.63, 3.8) is 0 Å². The Morgan fingerprint density at radius 1 is 1.26 bits per heavy atom. The highest BCUT2D eigenvalue weighted by molar-refractivity contribution is 7.19. The third kappa shape index (κ3) is 3.84. The van der Waals surface area contributed by atoms with Gasteiger partial charge in [-0.3, -0.25) is 4.98 Å². The summed E-state index contributed by atoms with van der Waals surface area (Å²) in [4.78, 5) is 33.0. The van der Waals surface area contributed by atoms with E-state index in [4.69, 9.17) is 14.7 Å². The minimum atomic E-state index is -0.229. The molecule has 2 aliphatic rings. The Morgan fingerprint density at radius 3 is 2.84 bits per heavy atom. The molecule has 0 saturated carbocycles. The smallest absolute Gasteiger partial charge is 0.409 e. The number of hydrogen-bond donors (Lipinski definition) is 0.